The molecule has 1 atom stereocenters. The van der Waals surface area contributed by atoms with Gasteiger partial charge in [-0.25, -0.2) is 0 Å². The van der Waals surface area contributed by atoms with Crippen LogP contribution in [-0.2, 0) is 27.4 Å². The number of carboxylic acid groups (broad SMARTS) is 1. The van der Waals surface area contributed by atoms with Gasteiger partial charge in [-0.15, -0.1) is 0 Å². The van der Waals surface area contributed by atoms with E-state index in [1.54, 1.807) is 0 Å². The molecule has 5 nitrogen and oxygen atoms in total. The smallest absolute Gasteiger partial charge is 0.320 e. The van der Waals surface area contributed by atoms with Gasteiger partial charge < -0.3 is 15.6 Å². The fourth-order valence-electron chi connectivity index (χ4n) is 2.52. The maximum absolute atomic E-state index is 12.2. The van der Waals surface area contributed by atoms with Crippen molar-refractivity contribution >= 4 is 17.6 Å². The van der Waals surface area contributed by atoms with Gasteiger partial charge in [-0.05, 0) is 42.5 Å². The predicted octanol–water partition coefficient (Wildman–Crippen LogP) is 2.87. The molecule has 0 saturated heterocycles. The molecule has 24 heavy (non-hydrogen) atoms. The molecule has 0 bridgehead atoms. The molecule has 126 valence electrons. The summed E-state index contributed by atoms with van der Waals surface area (Å²) in [5, 5.41) is 9.37. The zero-order chi connectivity index (χ0) is 17.7. The first-order chi connectivity index (χ1) is 11.4. The van der Waals surface area contributed by atoms with Crippen LogP contribution in [-0.4, -0.2) is 17.0 Å². The SMILES string of the molecule is Cc1cc(CC(C(=O)O)C(=O)OCc2ccccc2)cc(C)c1N. The molecule has 0 fully saturated rings. The average Bonchev–Trinajstić information content (AvgIpc) is 2.56. The van der Waals surface area contributed by atoms with E-state index in [4.69, 9.17) is 10.5 Å². The van der Waals surface area contributed by atoms with Crippen LogP contribution in [0.2, 0.25) is 0 Å². The summed E-state index contributed by atoms with van der Waals surface area (Å²) >= 11 is 0. The van der Waals surface area contributed by atoms with E-state index in [-0.39, 0.29) is 13.0 Å². The summed E-state index contributed by atoms with van der Waals surface area (Å²) in [6.45, 7) is 3.77. The summed E-state index contributed by atoms with van der Waals surface area (Å²) in [6, 6.07) is 12.8. The van der Waals surface area contributed by atoms with Crippen molar-refractivity contribution in [2.75, 3.05) is 5.73 Å². The molecular weight excluding hydrogens is 306 g/mol. The highest BCUT2D eigenvalue weighted by Crippen LogP contribution is 2.21. The van der Waals surface area contributed by atoms with Gasteiger partial charge in [0.05, 0.1) is 0 Å². The third-order valence-electron chi connectivity index (χ3n) is 3.90. The lowest BCUT2D eigenvalue weighted by molar-refractivity contribution is -0.159. The normalized spacial score (nSPS) is 11.8. The van der Waals surface area contributed by atoms with Gasteiger partial charge in [0.1, 0.15) is 6.61 Å². The number of benzene rings is 2. The lowest BCUT2D eigenvalue weighted by Crippen LogP contribution is -2.28. The molecule has 2 rings (SSSR count). The highest BCUT2D eigenvalue weighted by molar-refractivity contribution is 5.94. The quantitative estimate of drug-likeness (QED) is 0.484. The second kappa shape index (κ2) is 7.64. The summed E-state index contributed by atoms with van der Waals surface area (Å²) < 4.78 is 5.16. The Kier molecular flexibility index (Phi) is 5.58. The van der Waals surface area contributed by atoms with E-state index in [0.29, 0.717) is 5.69 Å². The van der Waals surface area contributed by atoms with Gasteiger partial charge in [0.15, 0.2) is 5.92 Å². The van der Waals surface area contributed by atoms with Crippen LogP contribution in [0.3, 0.4) is 0 Å². The van der Waals surface area contributed by atoms with Crippen LogP contribution in [0.25, 0.3) is 0 Å². The number of hydrogen-bond acceptors (Lipinski definition) is 4. The van der Waals surface area contributed by atoms with Crippen molar-refractivity contribution in [1.82, 2.24) is 0 Å². The highest BCUT2D eigenvalue weighted by atomic mass is 16.5. The first-order valence-electron chi connectivity index (χ1n) is 7.67. The maximum atomic E-state index is 12.2. The van der Waals surface area contributed by atoms with Crippen LogP contribution < -0.4 is 5.73 Å². The summed E-state index contributed by atoms with van der Waals surface area (Å²) in [7, 11) is 0. The average molecular weight is 327 g/mol. The van der Waals surface area contributed by atoms with Gasteiger partial charge in [-0.3, -0.25) is 9.59 Å². The standard InChI is InChI=1S/C19H21NO4/c1-12-8-15(9-13(2)17(12)20)10-16(18(21)22)19(23)24-11-14-6-4-3-5-7-14/h3-9,16H,10-11,20H2,1-2H3,(H,21,22). The van der Waals surface area contributed by atoms with Crippen LogP contribution in [0.4, 0.5) is 5.69 Å². The molecule has 2 aromatic rings. The number of carbonyl (C=O) groups is 2. The van der Waals surface area contributed by atoms with E-state index in [1.165, 1.54) is 0 Å². The van der Waals surface area contributed by atoms with E-state index in [2.05, 4.69) is 0 Å². The molecule has 0 aliphatic carbocycles. The molecule has 0 aromatic heterocycles. The molecule has 0 spiro atoms. The molecule has 0 amide bonds. The zero-order valence-corrected chi connectivity index (χ0v) is 13.8. The number of rotatable bonds is 6. The van der Waals surface area contributed by atoms with Gasteiger partial charge in [0.25, 0.3) is 0 Å². The lowest BCUT2D eigenvalue weighted by atomic mass is 9.95. The Labute approximate surface area is 141 Å². The molecule has 0 aliphatic heterocycles. The van der Waals surface area contributed by atoms with E-state index >= 15 is 0 Å². The summed E-state index contributed by atoms with van der Waals surface area (Å²) in [6.07, 6.45) is 0.0743. The van der Waals surface area contributed by atoms with Gasteiger partial charge in [0, 0.05) is 5.69 Å². The second-order valence-electron chi connectivity index (χ2n) is 5.83. The molecule has 0 heterocycles. The Morgan fingerprint density at radius 1 is 1.08 bits per heavy atom. The van der Waals surface area contributed by atoms with Crippen LogP contribution in [0.1, 0.15) is 22.3 Å². The molecule has 3 N–H and O–H groups in total. The predicted molar refractivity (Wildman–Crippen MR) is 91.4 cm³/mol. The van der Waals surface area contributed by atoms with E-state index in [1.807, 2.05) is 56.3 Å². The van der Waals surface area contributed by atoms with Crippen molar-refractivity contribution < 1.29 is 19.4 Å². The fraction of sp³-hybridized carbons (Fsp3) is 0.263. The number of esters is 1. The third-order valence-corrected chi connectivity index (χ3v) is 3.90. The number of hydrogen-bond donors (Lipinski definition) is 2. The molecular formula is C19H21NO4. The Bertz CT molecular complexity index is 717. The van der Waals surface area contributed by atoms with Crippen LogP contribution >= 0.6 is 0 Å². The molecule has 2 aromatic carbocycles. The monoisotopic (exact) mass is 327 g/mol. The van der Waals surface area contributed by atoms with Crippen LogP contribution in [0, 0.1) is 19.8 Å². The van der Waals surface area contributed by atoms with E-state index in [0.717, 1.165) is 22.3 Å². The largest absolute Gasteiger partial charge is 0.481 e. The highest BCUT2D eigenvalue weighted by Gasteiger charge is 2.28. The number of ether oxygens (including phenoxy) is 1. The minimum atomic E-state index is -1.24. The Morgan fingerprint density at radius 2 is 1.67 bits per heavy atom. The lowest BCUT2D eigenvalue weighted by Gasteiger charge is -2.14. The number of carbonyl (C=O) groups excluding carboxylic acids is 1. The molecule has 1 unspecified atom stereocenters. The van der Waals surface area contributed by atoms with Crippen molar-refractivity contribution in [3.63, 3.8) is 0 Å². The minimum Gasteiger partial charge on any atom is -0.481 e. The number of nitrogens with two attached hydrogens (primary N) is 1. The van der Waals surface area contributed by atoms with Gasteiger partial charge in [-0.2, -0.15) is 0 Å². The van der Waals surface area contributed by atoms with Crippen molar-refractivity contribution in [2.24, 2.45) is 5.92 Å². The maximum Gasteiger partial charge on any atom is 0.320 e. The van der Waals surface area contributed by atoms with Crippen molar-refractivity contribution in [1.29, 1.82) is 0 Å². The fourth-order valence-corrected chi connectivity index (χ4v) is 2.52. The number of carboxylic acids is 1. The Morgan fingerprint density at radius 3 is 2.21 bits per heavy atom. The van der Waals surface area contributed by atoms with E-state index < -0.39 is 17.9 Å². The Balaban J connectivity index is 2.09. The molecule has 0 aliphatic rings. The number of aliphatic carboxylic acids is 1. The van der Waals surface area contributed by atoms with Crippen LogP contribution in [0.5, 0.6) is 0 Å². The zero-order valence-electron chi connectivity index (χ0n) is 13.8. The topological polar surface area (TPSA) is 89.6 Å². The molecule has 0 saturated carbocycles. The number of nitrogen functional groups attached to an aromatic ring is 1. The van der Waals surface area contributed by atoms with Crippen molar-refractivity contribution in [2.45, 2.75) is 26.9 Å². The first kappa shape index (κ1) is 17.5. The summed E-state index contributed by atoms with van der Waals surface area (Å²) in [4.78, 5) is 23.6. The summed E-state index contributed by atoms with van der Waals surface area (Å²) in [5.41, 5.74) is 9.89. The molecule has 0 radical (unpaired) electrons. The number of aryl methyl sites for hydroxylation is 2. The second-order valence-corrected chi connectivity index (χ2v) is 5.83. The van der Waals surface area contributed by atoms with Crippen molar-refractivity contribution in [3.05, 3.63) is 64.7 Å². The van der Waals surface area contributed by atoms with E-state index in [9.17, 15) is 14.7 Å². The van der Waals surface area contributed by atoms with Gasteiger partial charge in [-0.1, -0.05) is 42.5 Å². The third kappa shape index (κ3) is 4.35. The van der Waals surface area contributed by atoms with Gasteiger partial charge >= 0.3 is 11.9 Å². The minimum absolute atomic E-state index is 0.0588. The summed E-state index contributed by atoms with van der Waals surface area (Å²) in [5.74, 6) is -3.17. The Hall–Kier alpha value is -2.82. The molecule has 5 heteroatoms. The van der Waals surface area contributed by atoms with Gasteiger partial charge in [0.2, 0.25) is 0 Å². The van der Waals surface area contributed by atoms with Crippen molar-refractivity contribution in [3.8, 4) is 0 Å². The number of anilines is 1. The van der Waals surface area contributed by atoms with Crippen LogP contribution in [0.15, 0.2) is 42.5 Å². The first-order valence-corrected chi connectivity index (χ1v) is 7.67.